The third kappa shape index (κ3) is 3.99. The van der Waals surface area contributed by atoms with Crippen molar-refractivity contribution in [2.45, 2.75) is 34.1 Å². The topological polar surface area (TPSA) is 39.2 Å². The molecule has 0 N–H and O–H groups in total. The van der Waals surface area contributed by atoms with E-state index in [0.717, 1.165) is 28.8 Å². The van der Waals surface area contributed by atoms with Crippen LogP contribution in [-0.2, 0) is 11.2 Å². The van der Waals surface area contributed by atoms with Gasteiger partial charge in [-0.2, -0.15) is 0 Å². The molecule has 0 atom stereocenters. The SMILES string of the molecule is Cc1cc(C)c(C(=O)COCCc2scnc2C)c(C)c1. The van der Waals surface area contributed by atoms with Gasteiger partial charge in [-0.25, -0.2) is 4.98 Å². The number of nitrogens with zero attached hydrogens (tertiary/aromatic N) is 1. The van der Waals surface area contributed by atoms with Crippen LogP contribution in [-0.4, -0.2) is 24.0 Å². The Balaban J connectivity index is 1.89. The Bertz CT molecular complexity index is 623. The Morgan fingerprint density at radius 3 is 2.43 bits per heavy atom. The van der Waals surface area contributed by atoms with E-state index in [4.69, 9.17) is 4.74 Å². The molecule has 1 aromatic heterocycles. The Hall–Kier alpha value is -1.52. The van der Waals surface area contributed by atoms with Crippen LogP contribution in [0.15, 0.2) is 17.6 Å². The van der Waals surface area contributed by atoms with E-state index < -0.39 is 0 Å². The van der Waals surface area contributed by atoms with Crippen LogP contribution in [0, 0.1) is 27.7 Å². The van der Waals surface area contributed by atoms with Crippen molar-refractivity contribution < 1.29 is 9.53 Å². The number of ether oxygens (including phenoxy) is 1. The summed E-state index contributed by atoms with van der Waals surface area (Å²) in [6.07, 6.45) is 0.815. The fraction of sp³-hybridized carbons (Fsp3) is 0.412. The van der Waals surface area contributed by atoms with Crippen molar-refractivity contribution in [2.24, 2.45) is 0 Å². The molecule has 0 amide bonds. The smallest absolute Gasteiger partial charge is 0.188 e. The van der Waals surface area contributed by atoms with Gasteiger partial charge in [0, 0.05) is 16.9 Å². The summed E-state index contributed by atoms with van der Waals surface area (Å²) in [5, 5.41) is 0. The van der Waals surface area contributed by atoms with Crippen molar-refractivity contribution in [1.29, 1.82) is 0 Å². The minimum absolute atomic E-state index is 0.0611. The molecule has 2 rings (SSSR count). The van der Waals surface area contributed by atoms with Gasteiger partial charge in [-0.3, -0.25) is 4.79 Å². The van der Waals surface area contributed by atoms with Gasteiger partial charge in [0.2, 0.25) is 0 Å². The van der Waals surface area contributed by atoms with Crippen molar-refractivity contribution in [2.75, 3.05) is 13.2 Å². The predicted octanol–water partition coefficient (Wildman–Crippen LogP) is 3.82. The Kier molecular flexibility index (Phi) is 5.26. The number of Topliss-reactive ketones (excluding diaryl/α,β-unsaturated/α-hetero) is 1. The molecular formula is C17H21NO2S. The molecule has 0 radical (unpaired) electrons. The minimum Gasteiger partial charge on any atom is -0.373 e. The molecule has 112 valence electrons. The maximum Gasteiger partial charge on any atom is 0.188 e. The van der Waals surface area contributed by atoms with Gasteiger partial charge >= 0.3 is 0 Å². The summed E-state index contributed by atoms with van der Waals surface area (Å²) >= 11 is 1.64. The summed E-state index contributed by atoms with van der Waals surface area (Å²) in [7, 11) is 0. The number of carbonyl (C=O) groups excluding carboxylic acids is 1. The number of rotatable bonds is 6. The number of ketones is 1. The molecule has 21 heavy (non-hydrogen) atoms. The van der Waals surface area contributed by atoms with Crippen LogP contribution in [0.25, 0.3) is 0 Å². The van der Waals surface area contributed by atoms with Gasteiger partial charge in [0.25, 0.3) is 0 Å². The number of hydrogen-bond donors (Lipinski definition) is 0. The average molecular weight is 303 g/mol. The zero-order valence-corrected chi connectivity index (χ0v) is 13.8. The molecule has 0 saturated heterocycles. The average Bonchev–Trinajstić information content (AvgIpc) is 2.79. The van der Waals surface area contributed by atoms with Crippen molar-refractivity contribution >= 4 is 17.1 Å². The van der Waals surface area contributed by atoms with E-state index in [1.807, 2.05) is 45.3 Å². The monoisotopic (exact) mass is 303 g/mol. The second-order valence-corrected chi connectivity index (χ2v) is 6.30. The van der Waals surface area contributed by atoms with Gasteiger partial charge in [-0.15, -0.1) is 11.3 Å². The Labute approximate surface area is 130 Å². The molecular weight excluding hydrogens is 282 g/mol. The molecule has 0 unspecified atom stereocenters. The number of hydrogen-bond acceptors (Lipinski definition) is 4. The van der Waals surface area contributed by atoms with Crippen LogP contribution >= 0.6 is 11.3 Å². The first-order chi connectivity index (χ1) is 9.99. The summed E-state index contributed by atoms with van der Waals surface area (Å²) in [5.74, 6) is 0.0611. The second-order valence-electron chi connectivity index (χ2n) is 5.36. The third-order valence-electron chi connectivity index (χ3n) is 3.51. The normalized spacial score (nSPS) is 10.9. The molecule has 0 saturated carbocycles. The van der Waals surface area contributed by atoms with Crippen molar-refractivity contribution in [3.63, 3.8) is 0 Å². The van der Waals surface area contributed by atoms with E-state index in [2.05, 4.69) is 4.98 Å². The van der Waals surface area contributed by atoms with Gasteiger partial charge < -0.3 is 4.74 Å². The maximum absolute atomic E-state index is 12.3. The lowest BCUT2D eigenvalue weighted by molar-refractivity contribution is 0.0765. The van der Waals surface area contributed by atoms with Crippen LogP contribution in [0.3, 0.4) is 0 Å². The Morgan fingerprint density at radius 2 is 1.86 bits per heavy atom. The lowest BCUT2D eigenvalue weighted by Crippen LogP contribution is -2.14. The highest BCUT2D eigenvalue weighted by Gasteiger charge is 2.13. The number of thiazole rings is 1. The largest absolute Gasteiger partial charge is 0.373 e. The molecule has 0 spiro atoms. The summed E-state index contributed by atoms with van der Waals surface area (Å²) in [4.78, 5) is 17.7. The zero-order chi connectivity index (χ0) is 15.4. The van der Waals surface area contributed by atoms with Gasteiger partial charge in [0.1, 0.15) is 6.61 Å². The number of aryl methyl sites for hydroxylation is 4. The van der Waals surface area contributed by atoms with E-state index in [0.29, 0.717) is 6.61 Å². The van der Waals surface area contributed by atoms with E-state index in [-0.39, 0.29) is 12.4 Å². The molecule has 0 aliphatic rings. The zero-order valence-electron chi connectivity index (χ0n) is 13.0. The van der Waals surface area contributed by atoms with Crippen LogP contribution in [0.1, 0.15) is 37.6 Å². The summed E-state index contributed by atoms with van der Waals surface area (Å²) in [5.41, 5.74) is 6.94. The summed E-state index contributed by atoms with van der Waals surface area (Å²) in [6.45, 7) is 8.70. The van der Waals surface area contributed by atoms with Gasteiger partial charge in [0.05, 0.1) is 17.8 Å². The first-order valence-electron chi connectivity index (χ1n) is 7.06. The summed E-state index contributed by atoms with van der Waals surface area (Å²) in [6, 6.07) is 4.09. The van der Waals surface area contributed by atoms with E-state index in [1.54, 1.807) is 11.3 Å². The molecule has 0 bridgehead atoms. The first kappa shape index (κ1) is 15.9. The highest BCUT2D eigenvalue weighted by Crippen LogP contribution is 2.17. The molecule has 4 heteroatoms. The number of aromatic nitrogens is 1. The van der Waals surface area contributed by atoms with Crippen LogP contribution < -0.4 is 0 Å². The maximum atomic E-state index is 12.3. The minimum atomic E-state index is 0.0611. The summed E-state index contributed by atoms with van der Waals surface area (Å²) < 4.78 is 5.55. The molecule has 2 aromatic rings. The fourth-order valence-corrected chi connectivity index (χ4v) is 3.35. The van der Waals surface area contributed by atoms with Gasteiger partial charge in [0.15, 0.2) is 5.78 Å². The molecule has 0 aliphatic carbocycles. The number of benzene rings is 1. The number of carbonyl (C=O) groups is 1. The molecule has 3 nitrogen and oxygen atoms in total. The van der Waals surface area contributed by atoms with Crippen LogP contribution in [0.5, 0.6) is 0 Å². The second kappa shape index (κ2) is 6.96. The molecule has 0 fully saturated rings. The standard InChI is InChI=1S/C17H21NO2S/c1-11-7-12(2)17(13(3)8-11)15(19)9-20-6-5-16-14(4)18-10-21-16/h7-8,10H,5-6,9H2,1-4H3. The van der Waals surface area contributed by atoms with E-state index in [9.17, 15) is 4.79 Å². The van der Waals surface area contributed by atoms with E-state index in [1.165, 1.54) is 10.4 Å². The lowest BCUT2D eigenvalue weighted by Gasteiger charge is -2.10. The van der Waals surface area contributed by atoms with Crippen LogP contribution in [0.4, 0.5) is 0 Å². The fourth-order valence-electron chi connectivity index (χ4n) is 2.59. The van der Waals surface area contributed by atoms with Gasteiger partial charge in [-0.1, -0.05) is 17.7 Å². The Morgan fingerprint density at radius 1 is 1.19 bits per heavy atom. The van der Waals surface area contributed by atoms with Gasteiger partial charge in [-0.05, 0) is 38.8 Å². The van der Waals surface area contributed by atoms with Crippen molar-refractivity contribution in [1.82, 2.24) is 4.98 Å². The molecule has 1 aromatic carbocycles. The predicted molar refractivity (Wildman–Crippen MR) is 86.4 cm³/mol. The highest BCUT2D eigenvalue weighted by molar-refractivity contribution is 7.09. The van der Waals surface area contributed by atoms with Crippen molar-refractivity contribution in [3.8, 4) is 0 Å². The molecule has 0 aliphatic heterocycles. The molecule has 1 heterocycles. The van der Waals surface area contributed by atoms with Crippen molar-refractivity contribution in [3.05, 3.63) is 50.5 Å². The quantitative estimate of drug-likeness (QED) is 0.601. The third-order valence-corrected chi connectivity index (χ3v) is 4.50. The highest BCUT2D eigenvalue weighted by atomic mass is 32.1. The lowest BCUT2D eigenvalue weighted by atomic mass is 9.97. The first-order valence-corrected chi connectivity index (χ1v) is 7.94. The van der Waals surface area contributed by atoms with E-state index >= 15 is 0 Å². The van der Waals surface area contributed by atoms with Crippen LogP contribution in [0.2, 0.25) is 0 Å².